The lowest BCUT2D eigenvalue weighted by atomic mass is 9.97. The molecule has 0 aromatic rings. The Morgan fingerprint density at radius 2 is 0.861 bits per heavy atom. The van der Waals surface area contributed by atoms with Gasteiger partial charge in [-0.05, 0) is 25.7 Å². The number of rotatable bonds is 19. The molecule has 2 amide bonds. The van der Waals surface area contributed by atoms with Gasteiger partial charge in [0.15, 0.2) is 11.6 Å². The van der Waals surface area contributed by atoms with Gasteiger partial charge in [0.2, 0.25) is 11.8 Å². The monoisotopic (exact) mass is 512 g/mol. The minimum absolute atomic E-state index is 0.0605. The van der Waals surface area contributed by atoms with Crippen LogP contribution >= 0.6 is 0 Å². The van der Waals surface area contributed by atoms with E-state index in [0.29, 0.717) is 38.8 Å². The van der Waals surface area contributed by atoms with Crippen molar-refractivity contribution in [1.82, 2.24) is 21.3 Å². The third-order valence-corrected chi connectivity index (χ3v) is 5.46. The van der Waals surface area contributed by atoms with Gasteiger partial charge in [-0.3, -0.25) is 19.2 Å². The van der Waals surface area contributed by atoms with Crippen LogP contribution in [0.5, 0.6) is 0 Å². The van der Waals surface area contributed by atoms with Crippen LogP contribution < -0.4 is 21.3 Å². The lowest BCUT2D eigenvalue weighted by molar-refractivity contribution is -0.126. The number of nitrogens with one attached hydrogen (secondary N) is 4. The molecule has 0 aromatic carbocycles. The number of ketones is 2. The Hall–Kier alpha value is -1.80. The van der Waals surface area contributed by atoms with Crippen LogP contribution in [0.25, 0.3) is 0 Å². The molecule has 0 saturated heterocycles. The maximum atomic E-state index is 12.3. The molecule has 0 heterocycles. The quantitative estimate of drug-likeness (QED) is 0.196. The first-order valence-corrected chi connectivity index (χ1v) is 14.0. The van der Waals surface area contributed by atoms with Gasteiger partial charge in [0, 0.05) is 49.9 Å². The Balaban J connectivity index is 0. The molecule has 0 radical (unpaired) electrons. The van der Waals surface area contributed by atoms with Gasteiger partial charge in [-0.15, -0.1) is 0 Å². The first-order valence-electron chi connectivity index (χ1n) is 14.0. The fraction of sp³-hybridized carbons (Fsp3) is 0.857. The topological polar surface area (TPSA) is 116 Å². The third-order valence-electron chi connectivity index (χ3n) is 5.46. The van der Waals surface area contributed by atoms with Gasteiger partial charge in [0.25, 0.3) is 0 Å². The van der Waals surface area contributed by atoms with E-state index >= 15 is 0 Å². The van der Waals surface area contributed by atoms with Crippen molar-refractivity contribution >= 4 is 23.4 Å². The van der Waals surface area contributed by atoms with E-state index in [4.69, 9.17) is 0 Å². The molecule has 8 nitrogen and oxygen atoms in total. The molecule has 212 valence electrons. The van der Waals surface area contributed by atoms with Gasteiger partial charge in [0.1, 0.15) is 0 Å². The molecule has 0 saturated carbocycles. The molecule has 0 aliphatic carbocycles. The van der Waals surface area contributed by atoms with Crippen LogP contribution in [-0.4, -0.2) is 60.6 Å². The van der Waals surface area contributed by atoms with Crippen molar-refractivity contribution in [2.45, 2.75) is 132 Å². The summed E-state index contributed by atoms with van der Waals surface area (Å²) in [5.74, 6) is 0.0173. The van der Waals surface area contributed by atoms with Crippen LogP contribution in [0, 0.1) is 11.8 Å². The van der Waals surface area contributed by atoms with Gasteiger partial charge in [0.05, 0.1) is 12.1 Å². The maximum absolute atomic E-state index is 12.3. The summed E-state index contributed by atoms with van der Waals surface area (Å²) >= 11 is 0. The second-order valence-corrected chi connectivity index (χ2v) is 10.3. The molecule has 4 N–H and O–H groups in total. The van der Waals surface area contributed by atoms with E-state index in [2.05, 4.69) is 21.3 Å². The van der Waals surface area contributed by atoms with E-state index < -0.39 is 0 Å². The molecule has 0 spiro atoms. The minimum atomic E-state index is -0.299. The number of carbonyl (C=O) groups is 4. The molecular formula is C28H56N4O4. The van der Waals surface area contributed by atoms with E-state index in [1.54, 1.807) is 0 Å². The van der Waals surface area contributed by atoms with Crippen LogP contribution in [0.2, 0.25) is 0 Å². The van der Waals surface area contributed by atoms with Gasteiger partial charge in [-0.1, -0.05) is 69.2 Å². The van der Waals surface area contributed by atoms with E-state index in [-0.39, 0.29) is 59.4 Å². The summed E-state index contributed by atoms with van der Waals surface area (Å²) in [5, 5.41) is 12.3. The van der Waals surface area contributed by atoms with Crippen LogP contribution in [0.4, 0.5) is 0 Å². The fourth-order valence-corrected chi connectivity index (χ4v) is 3.66. The summed E-state index contributed by atoms with van der Waals surface area (Å²) < 4.78 is 0. The number of unbranched alkanes of at least 4 members (excludes halogenated alkanes) is 1. The molecule has 36 heavy (non-hydrogen) atoms. The lowest BCUT2D eigenvalue weighted by Crippen LogP contribution is -2.43. The number of carbonyl (C=O) groups excluding carboxylic acids is 4. The van der Waals surface area contributed by atoms with Crippen molar-refractivity contribution in [3.8, 4) is 0 Å². The Bertz CT molecular complexity index is 579. The fourth-order valence-electron chi connectivity index (χ4n) is 3.66. The summed E-state index contributed by atoms with van der Waals surface area (Å²) in [4.78, 5) is 48.9. The molecule has 0 aliphatic heterocycles. The highest BCUT2D eigenvalue weighted by molar-refractivity contribution is 5.87. The number of amides is 2. The van der Waals surface area contributed by atoms with Crippen molar-refractivity contribution in [1.29, 1.82) is 0 Å². The summed E-state index contributed by atoms with van der Waals surface area (Å²) in [7, 11) is 0. The molecule has 8 heteroatoms. The Morgan fingerprint density at radius 3 is 1.11 bits per heavy atom. The third kappa shape index (κ3) is 18.5. The largest absolute Gasteiger partial charge is 0.356 e. The van der Waals surface area contributed by atoms with Gasteiger partial charge in [-0.2, -0.15) is 0 Å². The lowest BCUT2D eigenvalue weighted by Gasteiger charge is -2.22. The molecule has 0 rings (SSSR count). The first-order chi connectivity index (χ1) is 16.8. The van der Waals surface area contributed by atoms with E-state index in [1.165, 1.54) is 0 Å². The smallest absolute Gasteiger partial charge is 0.220 e. The molecule has 0 aliphatic rings. The van der Waals surface area contributed by atoms with Crippen molar-refractivity contribution in [3.63, 3.8) is 0 Å². The molecule has 0 bridgehead atoms. The van der Waals surface area contributed by atoms with Gasteiger partial charge in [-0.25, -0.2) is 0 Å². The average Bonchev–Trinajstić information content (AvgIpc) is 2.81. The van der Waals surface area contributed by atoms with Gasteiger partial charge < -0.3 is 21.3 Å². The zero-order valence-corrected chi connectivity index (χ0v) is 24.8. The van der Waals surface area contributed by atoms with Crippen LogP contribution in [0.3, 0.4) is 0 Å². The molecule has 0 aromatic heterocycles. The normalized spacial score (nSPS) is 12.8. The maximum Gasteiger partial charge on any atom is 0.220 e. The molecule has 0 unspecified atom stereocenters. The molecular weight excluding hydrogens is 456 g/mol. The van der Waals surface area contributed by atoms with Crippen LogP contribution in [0.15, 0.2) is 0 Å². The predicted octanol–water partition coefficient (Wildman–Crippen LogP) is 3.77. The first kappa shape index (κ1) is 36.4. The standard InChI is InChI=1S/C26H50N4O4.C2H6/c1-17(2)25(33)21(29-19(5)6)11-13-23(31)27-15-9-10-16-28-24(32)14-12-22(30-20(7)8)26(34)18(3)4;1-2/h17-22,29-30H,9-16H2,1-8H3,(H,27,31)(H,28,32);1-2H3/t21-,22-;/m0./s1. The highest BCUT2D eigenvalue weighted by Gasteiger charge is 2.23. The van der Waals surface area contributed by atoms with Crippen molar-refractivity contribution < 1.29 is 19.2 Å². The highest BCUT2D eigenvalue weighted by Crippen LogP contribution is 2.08. The van der Waals surface area contributed by atoms with Crippen molar-refractivity contribution in [2.75, 3.05) is 13.1 Å². The second-order valence-electron chi connectivity index (χ2n) is 10.3. The summed E-state index contributed by atoms with van der Waals surface area (Å²) in [5.41, 5.74) is 0. The molecule has 2 atom stereocenters. The van der Waals surface area contributed by atoms with E-state index in [9.17, 15) is 19.2 Å². The Morgan fingerprint density at radius 1 is 0.556 bits per heavy atom. The van der Waals surface area contributed by atoms with E-state index in [0.717, 1.165) is 12.8 Å². The van der Waals surface area contributed by atoms with Crippen LogP contribution in [0.1, 0.15) is 108 Å². The number of Topliss-reactive ketones (excluding diaryl/α,β-unsaturated/α-hetero) is 2. The SMILES string of the molecule is CC.CC(C)N[C@@H](CCC(=O)NCCCCNC(=O)CC[C@H](NC(C)C)C(=O)C(C)C)C(=O)C(C)C. The zero-order chi connectivity index (χ0) is 28.3. The predicted molar refractivity (Wildman–Crippen MR) is 149 cm³/mol. The second kappa shape index (κ2) is 21.3. The number of hydrogen-bond donors (Lipinski definition) is 4. The summed E-state index contributed by atoms with van der Waals surface area (Å²) in [6.45, 7) is 20.6. The van der Waals surface area contributed by atoms with Crippen molar-refractivity contribution in [3.05, 3.63) is 0 Å². The zero-order valence-electron chi connectivity index (χ0n) is 24.8. The summed E-state index contributed by atoms with van der Waals surface area (Å²) in [6.07, 6.45) is 3.11. The highest BCUT2D eigenvalue weighted by atomic mass is 16.2. The Labute approximate surface area is 220 Å². The number of hydrogen-bond acceptors (Lipinski definition) is 6. The van der Waals surface area contributed by atoms with Gasteiger partial charge >= 0.3 is 0 Å². The van der Waals surface area contributed by atoms with E-state index in [1.807, 2.05) is 69.2 Å². The van der Waals surface area contributed by atoms with Crippen molar-refractivity contribution in [2.24, 2.45) is 11.8 Å². The Kier molecular flexibility index (Phi) is 21.5. The molecule has 0 fully saturated rings. The van der Waals surface area contributed by atoms with Crippen LogP contribution in [-0.2, 0) is 19.2 Å². The minimum Gasteiger partial charge on any atom is -0.356 e. The average molecular weight is 513 g/mol. The summed E-state index contributed by atoms with van der Waals surface area (Å²) in [6, 6.07) is -0.239.